The summed E-state index contributed by atoms with van der Waals surface area (Å²) < 4.78 is 6.14. The zero-order valence-electron chi connectivity index (χ0n) is 10.5. The van der Waals surface area contributed by atoms with E-state index in [2.05, 4.69) is 33.0 Å². The van der Waals surface area contributed by atoms with Crippen LogP contribution in [-0.2, 0) is 4.74 Å². The van der Waals surface area contributed by atoms with Crippen molar-refractivity contribution in [2.75, 3.05) is 6.54 Å². The molecule has 1 aliphatic carbocycles. The van der Waals surface area contributed by atoms with Gasteiger partial charge >= 0.3 is 0 Å². The summed E-state index contributed by atoms with van der Waals surface area (Å²) >= 11 is 0. The second-order valence-electron chi connectivity index (χ2n) is 6.22. The fourth-order valence-electron chi connectivity index (χ4n) is 2.97. The SMILES string of the molecule is CC(C)C1CCC2OC(C)(C)CNC2C1. The molecule has 88 valence electrons. The summed E-state index contributed by atoms with van der Waals surface area (Å²) in [6.07, 6.45) is 4.35. The van der Waals surface area contributed by atoms with Crippen LogP contribution in [0, 0.1) is 11.8 Å². The van der Waals surface area contributed by atoms with E-state index in [1.807, 2.05) is 0 Å². The molecular formula is C13H25NO. The van der Waals surface area contributed by atoms with E-state index in [9.17, 15) is 0 Å². The molecule has 15 heavy (non-hydrogen) atoms. The Kier molecular flexibility index (Phi) is 3.09. The Hall–Kier alpha value is -0.0800. The number of hydrogen-bond donors (Lipinski definition) is 1. The van der Waals surface area contributed by atoms with Gasteiger partial charge in [-0.1, -0.05) is 13.8 Å². The van der Waals surface area contributed by atoms with Crippen LogP contribution in [-0.4, -0.2) is 24.3 Å². The van der Waals surface area contributed by atoms with Crippen molar-refractivity contribution >= 4 is 0 Å². The molecule has 2 nitrogen and oxygen atoms in total. The molecule has 2 heteroatoms. The molecule has 3 atom stereocenters. The largest absolute Gasteiger partial charge is 0.369 e. The Labute approximate surface area is 93.8 Å². The summed E-state index contributed by atoms with van der Waals surface area (Å²) in [5.41, 5.74) is 0.0336. The molecule has 0 aromatic carbocycles. The number of nitrogens with one attached hydrogen (secondary N) is 1. The molecule has 1 N–H and O–H groups in total. The summed E-state index contributed by atoms with van der Waals surface area (Å²) in [7, 11) is 0. The van der Waals surface area contributed by atoms with E-state index in [4.69, 9.17) is 4.74 Å². The fourth-order valence-corrected chi connectivity index (χ4v) is 2.97. The summed E-state index contributed by atoms with van der Waals surface area (Å²) in [6.45, 7) is 10.1. The first-order valence-electron chi connectivity index (χ1n) is 6.39. The highest BCUT2D eigenvalue weighted by atomic mass is 16.5. The van der Waals surface area contributed by atoms with E-state index in [0.717, 1.165) is 18.4 Å². The Morgan fingerprint density at radius 2 is 2.00 bits per heavy atom. The number of morpholine rings is 1. The molecule has 2 aliphatic rings. The molecule has 0 aromatic heterocycles. The molecule has 3 unspecified atom stereocenters. The van der Waals surface area contributed by atoms with Crippen LogP contribution >= 0.6 is 0 Å². The van der Waals surface area contributed by atoms with Crippen LogP contribution in [0.2, 0.25) is 0 Å². The van der Waals surface area contributed by atoms with Gasteiger partial charge in [-0.25, -0.2) is 0 Å². The third kappa shape index (κ3) is 2.54. The first kappa shape index (κ1) is 11.4. The molecule has 0 amide bonds. The summed E-state index contributed by atoms with van der Waals surface area (Å²) in [6, 6.07) is 0.610. The third-order valence-corrected chi connectivity index (χ3v) is 4.03. The normalized spacial score (nSPS) is 40.2. The quantitative estimate of drug-likeness (QED) is 0.720. The average molecular weight is 211 g/mol. The Balaban J connectivity index is 1.95. The molecule has 0 spiro atoms. The van der Waals surface area contributed by atoms with Crippen molar-refractivity contribution in [3.63, 3.8) is 0 Å². The lowest BCUT2D eigenvalue weighted by Gasteiger charge is -2.46. The van der Waals surface area contributed by atoms with Gasteiger partial charge in [0.05, 0.1) is 11.7 Å². The Morgan fingerprint density at radius 3 is 2.67 bits per heavy atom. The molecule has 0 bridgehead atoms. The molecule has 2 fully saturated rings. The van der Waals surface area contributed by atoms with Gasteiger partial charge in [0.2, 0.25) is 0 Å². The van der Waals surface area contributed by atoms with Crippen molar-refractivity contribution in [3.05, 3.63) is 0 Å². The van der Waals surface area contributed by atoms with Crippen molar-refractivity contribution in [1.82, 2.24) is 5.32 Å². The molecule has 1 saturated carbocycles. The van der Waals surface area contributed by atoms with Crippen LogP contribution in [0.1, 0.15) is 47.0 Å². The van der Waals surface area contributed by atoms with Crippen molar-refractivity contribution in [3.8, 4) is 0 Å². The number of rotatable bonds is 1. The summed E-state index contributed by atoms with van der Waals surface area (Å²) in [5.74, 6) is 1.71. The Morgan fingerprint density at radius 1 is 1.27 bits per heavy atom. The standard InChI is InChI=1S/C13H25NO/c1-9(2)10-5-6-12-11(7-10)14-8-13(3,4)15-12/h9-12,14H,5-8H2,1-4H3. The van der Waals surface area contributed by atoms with E-state index in [0.29, 0.717) is 12.1 Å². The zero-order valence-corrected chi connectivity index (χ0v) is 10.5. The Bertz CT molecular complexity index is 225. The topological polar surface area (TPSA) is 21.3 Å². The lowest BCUT2D eigenvalue weighted by molar-refractivity contribution is -0.133. The van der Waals surface area contributed by atoms with Gasteiger partial charge in [-0.15, -0.1) is 0 Å². The van der Waals surface area contributed by atoms with Crippen LogP contribution in [0.15, 0.2) is 0 Å². The van der Waals surface area contributed by atoms with Gasteiger partial charge in [0.1, 0.15) is 0 Å². The second kappa shape index (κ2) is 4.06. The lowest BCUT2D eigenvalue weighted by Crippen LogP contribution is -2.58. The maximum Gasteiger partial charge on any atom is 0.0755 e. The first-order chi connectivity index (χ1) is 6.98. The highest BCUT2D eigenvalue weighted by Crippen LogP contribution is 2.35. The molecule has 0 aromatic rings. The molecule has 1 aliphatic heterocycles. The molecule has 0 radical (unpaired) electrons. The summed E-state index contributed by atoms with van der Waals surface area (Å²) in [5, 5.41) is 3.67. The summed E-state index contributed by atoms with van der Waals surface area (Å²) in [4.78, 5) is 0. The van der Waals surface area contributed by atoms with E-state index in [1.165, 1.54) is 19.3 Å². The average Bonchev–Trinajstić information content (AvgIpc) is 2.15. The number of fused-ring (bicyclic) bond motifs is 1. The van der Waals surface area contributed by atoms with Crippen molar-refractivity contribution < 1.29 is 4.74 Å². The predicted octanol–water partition coefficient (Wildman–Crippen LogP) is 2.58. The van der Waals surface area contributed by atoms with Crippen LogP contribution in [0.4, 0.5) is 0 Å². The van der Waals surface area contributed by atoms with E-state index >= 15 is 0 Å². The lowest BCUT2D eigenvalue weighted by atomic mass is 9.77. The molecule has 1 heterocycles. The highest BCUT2D eigenvalue weighted by Gasteiger charge is 2.39. The van der Waals surface area contributed by atoms with Gasteiger partial charge in [-0.05, 0) is 44.9 Å². The highest BCUT2D eigenvalue weighted by molar-refractivity contribution is 4.93. The maximum atomic E-state index is 6.14. The first-order valence-corrected chi connectivity index (χ1v) is 6.39. The van der Waals surface area contributed by atoms with Crippen molar-refractivity contribution in [1.29, 1.82) is 0 Å². The smallest absolute Gasteiger partial charge is 0.0755 e. The van der Waals surface area contributed by atoms with Gasteiger partial charge in [0, 0.05) is 12.6 Å². The van der Waals surface area contributed by atoms with Gasteiger partial charge in [0.15, 0.2) is 0 Å². The van der Waals surface area contributed by atoms with E-state index in [-0.39, 0.29) is 5.60 Å². The van der Waals surface area contributed by atoms with Crippen LogP contribution in [0.25, 0.3) is 0 Å². The van der Waals surface area contributed by atoms with E-state index < -0.39 is 0 Å². The van der Waals surface area contributed by atoms with Crippen LogP contribution in [0.5, 0.6) is 0 Å². The number of ether oxygens (including phenoxy) is 1. The molecular weight excluding hydrogens is 186 g/mol. The number of hydrogen-bond acceptors (Lipinski definition) is 2. The zero-order chi connectivity index (χ0) is 11.1. The van der Waals surface area contributed by atoms with Crippen LogP contribution < -0.4 is 5.32 Å². The second-order valence-corrected chi connectivity index (χ2v) is 6.22. The monoisotopic (exact) mass is 211 g/mol. The minimum atomic E-state index is 0.0336. The minimum absolute atomic E-state index is 0.0336. The fraction of sp³-hybridized carbons (Fsp3) is 1.00. The van der Waals surface area contributed by atoms with Crippen molar-refractivity contribution in [2.24, 2.45) is 11.8 Å². The predicted molar refractivity (Wildman–Crippen MR) is 62.9 cm³/mol. The van der Waals surface area contributed by atoms with Gasteiger partial charge in [-0.2, -0.15) is 0 Å². The maximum absolute atomic E-state index is 6.14. The van der Waals surface area contributed by atoms with Gasteiger partial charge in [0.25, 0.3) is 0 Å². The van der Waals surface area contributed by atoms with Crippen molar-refractivity contribution in [2.45, 2.75) is 64.7 Å². The van der Waals surface area contributed by atoms with Gasteiger partial charge in [-0.3, -0.25) is 0 Å². The molecule has 2 rings (SSSR count). The minimum Gasteiger partial charge on any atom is -0.369 e. The third-order valence-electron chi connectivity index (χ3n) is 4.03. The molecule has 1 saturated heterocycles. The van der Waals surface area contributed by atoms with Crippen LogP contribution in [0.3, 0.4) is 0 Å². The van der Waals surface area contributed by atoms with Gasteiger partial charge < -0.3 is 10.1 Å². The van der Waals surface area contributed by atoms with E-state index in [1.54, 1.807) is 0 Å².